The highest BCUT2D eigenvalue weighted by Crippen LogP contribution is 2.22. The van der Waals surface area contributed by atoms with Crippen LogP contribution in [0.2, 0.25) is 5.02 Å². The first-order valence-electron chi connectivity index (χ1n) is 14.1. The Hall–Kier alpha value is -3.20. The summed E-state index contributed by atoms with van der Waals surface area (Å²) in [5.74, 6) is -0.361. The van der Waals surface area contributed by atoms with Crippen LogP contribution < -0.4 is 5.32 Å². The Morgan fingerprint density at radius 1 is 0.902 bits per heavy atom. The molecule has 1 aliphatic carbocycles. The van der Waals surface area contributed by atoms with Crippen molar-refractivity contribution < 1.29 is 18.0 Å². The average molecular weight is 596 g/mol. The van der Waals surface area contributed by atoms with Gasteiger partial charge in [-0.25, -0.2) is 12.7 Å². The summed E-state index contributed by atoms with van der Waals surface area (Å²) in [5, 5.41) is 3.79. The monoisotopic (exact) mass is 595 g/mol. The van der Waals surface area contributed by atoms with E-state index >= 15 is 0 Å². The van der Waals surface area contributed by atoms with Crippen molar-refractivity contribution in [1.29, 1.82) is 0 Å². The molecular weight excluding hydrogens is 558 g/mol. The number of nitrogens with one attached hydrogen (secondary N) is 1. The molecule has 1 N–H and O–H groups in total. The van der Waals surface area contributed by atoms with Gasteiger partial charge in [0.1, 0.15) is 6.04 Å². The molecule has 0 bridgehead atoms. The number of rotatable bonds is 13. The maximum Gasteiger partial charge on any atom is 0.243 e. The van der Waals surface area contributed by atoms with Crippen LogP contribution in [0.4, 0.5) is 0 Å². The molecule has 9 heteroatoms. The normalized spacial score (nSPS) is 14.6. The highest BCUT2D eigenvalue weighted by atomic mass is 35.5. The minimum absolute atomic E-state index is 0.101. The van der Waals surface area contributed by atoms with Gasteiger partial charge in [0, 0.05) is 44.0 Å². The molecule has 2 amide bonds. The Morgan fingerprint density at radius 2 is 1.51 bits per heavy atom. The fourth-order valence-electron chi connectivity index (χ4n) is 5.20. The fourth-order valence-corrected chi connectivity index (χ4v) is 6.55. The molecule has 1 aliphatic rings. The summed E-state index contributed by atoms with van der Waals surface area (Å²) < 4.78 is 27.2. The second kappa shape index (κ2) is 14.6. The molecule has 7 nitrogen and oxygen atoms in total. The van der Waals surface area contributed by atoms with Crippen molar-refractivity contribution in [3.8, 4) is 0 Å². The van der Waals surface area contributed by atoms with Crippen molar-refractivity contribution >= 4 is 33.4 Å². The van der Waals surface area contributed by atoms with Crippen LogP contribution in [0.25, 0.3) is 0 Å². The lowest BCUT2D eigenvalue weighted by atomic mass is 10.0. The summed E-state index contributed by atoms with van der Waals surface area (Å²) in [6, 6.07) is 24.6. The predicted molar refractivity (Wildman–Crippen MR) is 162 cm³/mol. The van der Waals surface area contributed by atoms with Crippen molar-refractivity contribution in [2.45, 2.75) is 68.5 Å². The molecule has 0 spiro atoms. The lowest BCUT2D eigenvalue weighted by Gasteiger charge is -2.32. The molecule has 0 aliphatic heterocycles. The Kier molecular flexibility index (Phi) is 11.0. The van der Waals surface area contributed by atoms with Gasteiger partial charge in [-0.15, -0.1) is 0 Å². The zero-order chi connectivity index (χ0) is 29.2. The first-order chi connectivity index (χ1) is 19.7. The molecule has 0 saturated heterocycles. The smallest absolute Gasteiger partial charge is 0.243 e. The van der Waals surface area contributed by atoms with Gasteiger partial charge in [0.2, 0.25) is 21.8 Å². The van der Waals surface area contributed by atoms with Gasteiger partial charge in [-0.05, 0) is 54.7 Å². The number of nitrogens with zero attached hydrogens (tertiary/aromatic N) is 2. The molecule has 0 heterocycles. The first kappa shape index (κ1) is 30.8. The molecule has 0 unspecified atom stereocenters. The van der Waals surface area contributed by atoms with Crippen molar-refractivity contribution in [2.75, 3.05) is 13.6 Å². The van der Waals surface area contributed by atoms with Gasteiger partial charge in [-0.1, -0.05) is 85.1 Å². The Balaban J connectivity index is 1.53. The van der Waals surface area contributed by atoms with Gasteiger partial charge >= 0.3 is 0 Å². The third-order valence-electron chi connectivity index (χ3n) is 7.55. The molecule has 1 saturated carbocycles. The van der Waals surface area contributed by atoms with E-state index in [0.29, 0.717) is 17.9 Å². The van der Waals surface area contributed by atoms with Crippen LogP contribution in [0.1, 0.15) is 49.7 Å². The summed E-state index contributed by atoms with van der Waals surface area (Å²) in [6.07, 6.45) is 4.85. The number of amides is 2. The molecule has 3 aromatic carbocycles. The second-order valence-electron chi connectivity index (χ2n) is 10.6. The lowest BCUT2D eigenvalue weighted by Crippen LogP contribution is -2.52. The molecule has 0 aromatic heterocycles. The summed E-state index contributed by atoms with van der Waals surface area (Å²) in [6.45, 7) is 0.416. The van der Waals surface area contributed by atoms with Crippen LogP contribution >= 0.6 is 11.6 Å². The lowest BCUT2D eigenvalue weighted by molar-refractivity contribution is -0.141. The third kappa shape index (κ3) is 8.64. The molecule has 3 aromatic rings. The number of hydrogen-bond donors (Lipinski definition) is 1. The quantitative estimate of drug-likeness (QED) is 0.285. The molecule has 1 fully saturated rings. The maximum absolute atomic E-state index is 13.8. The Labute approximate surface area is 248 Å². The van der Waals surface area contributed by atoms with Crippen molar-refractivity contribution in [3.05, 3.63) is 101 Å². The predicted octanol–water partition coefficient (Wildman–Crippen LogP) is 5.44. The van der Waals surface area contributed by atoms with Gasteiger partial charge in [-0.2, -0.15) is 0 Å². The van der Waals surface area contributed by atoms with E-state index in [-0.39, 0.29) is 42.3 Å². The van der Waals surface area contributed by atoms with E-state index in [1.54, 1.807) is 47.4 Å². The first-order valence-corrected chi connectivity index (χ1v) is 16.0. The summed E-state index contributed by atoms with van der Waals surface area (Å²) >= 11 is 6.11. The van der Waals surface area contributed by atoms with Gasteiger partial charge in [0.05, 0.1) is 4.90 Å². The van der Waals surface area contributed by atoms with Gasteiger partial charge in [-0.3, -0.25) is 9.59 Å². The van der Waals surface area contributed by atoms with E-state index in [1.165, 1.54) is 11.4 Å². The van der Waals surface area contributed by atoms with Crippen LogP contribution in [-0.4, -0.2) is 55.1 Å². The molecule has 218 valence electrons. The van der Waals surface area contributed by atoms with E-state index in [2.05, 4.69) is 5.32 Å². The molecule has 41 heavy (non-hydrogen) atoms. The highest BCUT2D eigenvalue weighted by Gasteiger charge is 2.32. The largest absolute Gasteiger partial charge is 0.352 e. The number of halogens is 1. The molecule has 1 atom stereocenters. The number of carbonyl (C=O) groups is 2. The van der Waals surface area contributed by atoms with Crippen LogP contribution in [0.15, 0.2) is 89.8 Å². The molecule has 0 radical (unpaired) electrons. The summed E-state index contributed by atoms with van der Waals surface area (Å²) in [4.78, 5) is 29.4. The van der Waals surface area contributed by atoms with Crippen LogP contribution in [-0.2, 0) is 32.6 Å². The van der Waals surface area contributed by atoms with E-state index < -0.39 is 16.1 Å². The fraction of sp³-hybridized carbons (Fsp3) is 0.375. The van der Waals surface area contributed by atoms with Crippen molar-refractivity contribution in [3.63, 3.8) is 0 Å². The van der Waals surface area contributed by atoms with E-state index in [1.807, 2.05) is 42.5 Å². The zero-order valence-electron chi connectivity index (χ0n) is 23.4. The SMILES string of the molecule is CN(CCCC(=O)N(Cc1ccc(Cl)cc1)[C@@H](Cc1ccccc1)C(=O)NC1CCCC1)S(=O)(=O)c1ccccc1. The van der Waals surface area contributed by atoms with E-state index in [4.69, 9.17) is 11.6 Å². The minimum atomic E-state index is -3.66. The minimum Gasteiger partial charge on any atom is -0.352 e. The highest BCUT2D eigenvalue weighted by molar-refractivity contribution is 7.89. The number of sulfonamides is 1. The van der Waals surface area contributed by atoms with Crippen LogP contribution in [0, 0.1) is 0 Å². The second-order valence-corrected chi connectivity index (χ2v) is 13.1. The van der Waals surface area contributed by atoms with Crippen molar-refractivity contribution in [1.82, 2.24) is 14.5 Å². The van der Waals surface area contributed by atoms with Gasteiger partial charge < -0.3 is 10.2 Å². The number of hydrogen-bond acceptors (Lipinski definition) is 4. The van der Waals surface area contributed by atoms with E-state index in [0.717, 1.165) is 36.8 Å². The van der Waals surface area contributed by atoms with Gasteiger partial charge in [0.15, 0.2) is 0 Å². The maximum atomic E-state index is 13.8. The van der Waals surface area contributed by atoms with Gasteiger partial charge in [0.25, 0.3) is 0 Å². The van der Waals surface area contributed by atoms with Crippen LogP contribution in [0.3, 0.4) is 0 Å². The average Bonchev–Trinajstić information content (AvgIpc) is 3.49. The molecule has 4 rings (SSSR count). The standard InChI is InChI=1S/C32H38ClN3O4S/c1-35(41(39,40)29-15-6-3-7-16-29)22-10-17-31(37)36(24-26-18-20-27(33)21-19-26)30(23-25-11-4-2-5-12-25)32(38)34-28-13-8-9-14-28/h2-7,11-12,15-16,18-21,28,30H,8-10,13-14,17,22-24H2,1H3,(H,34,38)/t30-/m0/s1. The number of benzene rings is 3. The summed E-state index contributed by atoms with van der Waals surface area (Å²) in [7, 11) is -2.14. The number of carbonyl (C=O) groups excluding carboxylic acids is 2. The summed E-state index contributed by atoms with van der Waals surface area (Å²) in [5.41, 5.74) is 1.82. The molecular formula is C32H38ClN3O4S. The Morgan fingerprint density at radius 3 is 2.15 bits per heavy atom. The Bertz CT molecular complexity index is 1380. The van der Waals surface area contributed by atoms with Crippen molar-refractivity contribution in [2.24, 2.45) is 0 Å². The zero-order valence-corrected chi connectivity index (χ0v) is 25.0. The third-order valence-corrected chi connectivity index (χ3v) is 9.68. The van der Waals surface area contributed by atoms with Crippen LogP contribution in [0.5, 0.6) is 0 Å². The topological polar surface area (TPSA) is 86.8 Å². The van der Waals surface area contributed by atoms with E-state index in [9.17, 15) is 18.0 Å².